The van der Waals surface area contributed by atoms with Crippen molar-refractivity contribution >= 4 is 11.9 Å². The van der Waals surface area contributed by atoms with Gasteiger partial charge in [-0.2, -0.15) is 0 Å². The zero-order valence-corrected chi connectivity index (χ0v) is 13.9. The van der Waals surface area contributed by atoms with E-state index >= 15 is 0 Å². The molecule has 0 bridgehead atoms. The minimum atomic E-state index is -0.211. The second-order valence-corrected chi connectivity index (χ2v) is 6.50. The van der Waals surface area contributed by atoms with Crippen LogP contribution in [0.5, 0.6) is 0 Å². The third-order valence-corrected chi connectivity index (χ3v) is 4.02. The van der Waals surface area contributed by atoms with Crippen LogP contribution in [0.25, 0.3) is 0 Å². The van der Waals surface area contributed by atoms with Crippen LogP contribution in [-0.4, -0.2) is 36.5 Å². The normalized spacial score (nSPS) is 16.0. The molecule has 21 heavy (non-hydrogen) atoms. The number of esters is 1. The van der Waals surface area contributed by atoms with Crippen molar-refractivity contribution in [2.24, 2.45) is 11.8 Å². The van der Waals surface area contributed by atoms with Crippen molar-refractivity contribution in [1.82, 2.24) is 4.90 Å². The lowest BCUT2D eigenvalue weighted by Crippen LogP contribution is -2.37. The van der Waals surface area contributed by atoms with Gasteiger partial charge in [0.25, 0.3) is 0 Å². The van der Waals surface area contributed by atoms with Gasteiger partial charge in [-0.05, 0) is 31.6 Å². The van der Waals surface area contributed by atoms with Gasteiger partial charge in [0.1, 0.15) is 0 Å². The quantitative estimate of drug-likeness (QED) is 0.645. The second-order valence-electron chi connectivity index (χ2n) is 6.50. The Balaban J connectivity index is 2.46. The summed E-state index contributed by atoms with van der Waals surface area (Å²) in [6.45, 7) is 7.63. The van der Waals surface area contributed by atoms with E-state index in [2.05, 4.69) is 13.8 Å². The summed E-state index contributed by atoms with van der Waals surface area (Å²) in [5, 5.41) is 0. The minimum absolute atomic E-state index is 0.208. The van der Waals surface area contributed by atoms with Gasteiger partial charge in [0, 0.05) is 19.5 Å². The predicted octanol–water partition coefficient (Wildman–Crippen LogP) is 3.39. The Labute approximate surface area is 129 Å². The van der Waals surface area contributed by atoms with Gasteiger partial charge in [-0.1, -0.05) is 33.1 Å². The Morgan fingerprint density at radius 3 is 2.43 bits per heavy atom. The first-order chi connectivity index (χ1) is 10.0. The van der Waals surface area contributed by atoms with Crippen LogP contribution < -0.4 is 0 Å². The summed E-state index contributed by atoms with van der Waals surface area (Å²) in [5.41, 5.74) is 0. The maximum absolute atomic E-state index is 12.5. The zero-order valence-electron chi connectivity index (χ0n) is 13.9. The highest BCUT2D eigenvalue weighted by molar-refractivity contribution is 5.77. The third kappa shape index (κ3) is 7.49. The number of amides is 1. The first kappa shape index (κ1) is 18.0. The zero-order chi connectivity index (χ0) is 15.7. The molecule has 0 atom stereocenters. The summed E-state index contributed by atoms with van der Waals surface area (Å²) in [4.78, 5) is 25.8. The molecule has 0 saturated heterocycles. The van der Waals surface area contributed by atoms with Gasteiger partial charge in [-0.3, -0.25) is 9.59 Å². The fourth-order valence-corrected chi connectivity index (χ4v) is 2.99. The van der Waals surface area contributed by atoms with Crippen LogP contribution in [0.3, 0.4) is 0 Å². The van der Waals surface area contributed by atoms with E-state index in [0.717, 1.165) is 6.54 Å². The largest absolute Gasteiger partial charge is 0.466 e. The first-order valence-electron chi connectivity index (χ1n) is 8.46. The molecule has 0 unspecified atom stereocenters. The van der Waals surface area contributed by atoms with Crippen LogP contribution >= 0.6 is 0 Å². The van der Waals surface area contributed by atoms with Crippen molar-refractivity contribution in [1.29, 1.82) is 0 Å². The fourth-order valence-electron chi connectivity index (χ4n) is 2.99. The lowest BCUT2D eigenvalue weighted by Gasteiger charge is -2.28. The molecular formula is C17H31NO3. The Kier molecular flexibility index (Phi) is 8.40. The second kappa shape index (κ2) is 9.80. The molecule has 1 amide bonds. The van der Waals surface area contributed by atoms with Crippen LogP contribution in [0.1, 0.15) is 65.7 Å². The van der Waals surface area contributed by atoms with Gasteiger partial charge in [0.2, 0.25) is 5.91 Å². The standard InChI is InChI=1S/C17H31NO3/c1-4-21-17(20)10-11-18(13-14(2)3)16(19)12-15-8-6-5-7-9-15/h14-15H,4-13H2,1-3H3. The van der Waals surface area contributed by atoms with E-state index in [9.17, 15) is 9.59 Å². The van der Waals surface area contributed by atoms with Crippen molar-refractivity contribution in [2.75, 3.05) is 19.7 Å². The molecule has 0 N–H and O–H groups in total. The minimum Gasteiger partial charge on any atom is -0.466 e. The Morgan fingerprint density at radius 2 is 1.86 bits per heavy atom. The molecule has 0 aromatic rings. The van der Waals surface area contributed by atoms with Crippen LogP contribution in [0.2, 0.25) is 0 Å². The highest BCUT2D eigenvalue weighted by Crippen LogP contribution is 2.27. The first-order valence-corrected chi connectivity index (χ1v) is 8.46. The molecule has 4 heteroatoms. The van der Waals surface area contributed by atoms with Crippen LogP contribution in [0.4, 0.5) is 0 Å². The smallest absolute Gasteiger partial charge is 0.307 e. The topological polar surface area (TPSA) is 46.6 Å². The van der Waals surface area contributed by atoms with E-state index in [1.807, 2.05) is 4.90 Å². The van der Waals surface area contributed by atoms with Crippen molar-refractivity contribution in [3.63, 3.8) is 0 Å². The number of ether oxygens (including phenoxy) is 1. The lowest BCUT2D eigenvalue weighted by atomic mass is 9.86. The average molecular weight is 297 g/mol. The van der Waals surface area contributed by atoms with Gasteiger partial charge in [-0.15, -0.1) is 0 Å². The number of rotatable bonds is 8. The number of carbonyl (C=O) groups is 2. The maximum Gasteiger partial charge on any atom is 0.307 e. The van der Waals surface area contributed by atoms with E-state index in [0.29, 0.717) is 37.8 Å². The van der Waals surface area contributed by atoms with Crippen molar-refractivity contribution in [3.05, 3.63) is 0 Å². The molecule has 1 aliphatic rings. The van der Waals surface area contributed by atoms with E-state index in [4.69, 9.17) is 4.74 Å². The number of nitrogens with zero attached hydrogens (tertiary/aromatic N) is 1. The summed E-state index contributed by atoms with van der Waals surface area (Å²) in [6, 6.07) is 0. The summed E-state index contributed by atoms with van der Waals surface area (Å²) < 4.78 is 4.95. The average Bonchev–Trinajstić information content (AvgIpc) is 2.44. The molecule has 1 aliphatic carbocycles. The molecule has 4 nitrogen and oxygen atoms in total. The highest BCUT2D eigenvalue weighted by Gasteiger charge is 2.22. The Bertz CT molecular complexity index is 322. The molecule has 0 aliphatic heterocycles. The van der Waals surface area contributed by atoms with Gasteiger partial charge in [-0.25, -0.2) is 0 Å². The van der Waals surface area contributed by atoms with E-state index in [-0.39, 0.29) is 11.9 Å². The highest BCUT2D eigenvalue weighted by atomic mass is 16.5. The molecule has 0 aromatic heterocycles. The van der Waals surface area contributed by atoms with Gasteiger partial charge < -0.3 is 9.64 Å². The van der Waals surface area contributed by atoms with Crippen molar-refractivity contribution < 1.29 is 14.3 Å². The van der Waals surface area contributed by atoms with Gasteiger partial charge >= 0.3 is 5.97 Å². The van der Waals surface area contributed by atoms with Gasteiger partial charge in [0.15, 0.2) is 0 Å². The summed E-state index contributed by atoms with van der Waals surface area (Å²) in [6.07, 6.45) is 7.13. The molecule has 0 spiro atoms. The fraction of sp³-hybridized carbons (Fsp3) is 0.882. The predicted molar refractivity (Wildman–Crippen MR) is 83.9 cm³/mol. The van der Waals surface area contributed by atoms with Gasteiger partial charge in [0.05, 0.1) is 13.0 Å². The maximum atomic E-state index is 12.5. The SMILES string of the molecule is CCOC(=O)CCN(CC(C)C)C(=O)CC1CCCCC1. The number of hydrogen-bond donors (Lipinski definition) is 0. The Morgan fingerprint density at radius 1 is 1.19 bits per heavy atom. The summed E-state index contributed by atoms with van der Waals surface area (Å²) in [7, 11) is 0. The number of carbonyl (C=O) groups excluding carboxylic acids is 2. The molecule has 1 rings (SSSR count). The molecule has 1 saturated carbocycles. The summed E-state index contributed by atoms with van der Waals surface area (Å²) >= 11 is 0. The van der Waals surface area contributed by atoms with Crippen molar-refractivity contribution in [2.45, 2.75) is 65.7 Å². The van der Waals surface area contributed by atoms with Crippen LogP contribution in [0.15, 0.2) is 0 Å². The van der Waals surface area contributed by atoms with Crippen molar-refractivity contribution in [3.8, 4) is 0 Å². The van der Waals surface area contributed by atoms with E-state index < -0.39 is 0 Å². The Hall–Kier alpha value is -1.06. The lowest BCUT2D eigenvalue weighted by molar-refractivity contribution is -0.144. The van der Waals surface area contributed by atoms with E-state index in [1.54, 1.807) is 6.92 Å². The summed E-state index contributed by atoms with van der Waals surface area (Å²) in [5.74, 6) is 0.961. The molecule has 1 fully saturated rings. The van der Waals surface area contributed by atoms with E-state index in [1.165, 1.54) is 32.1 Å². The third-order valence-electron chi connectivity index (χ3n) is 4.02. The number of hydrogen-bond acceptors (Lipinski definition) is 3. The molecular weight excluding hydrogens is 266 g/mol. The monoisotopic (exact) mass is 297 g/mol. The van der Waals surface area contributed by atoms with Crippen LogP contribution in [0, 0.1) is 11.8 Å². The molecule has 0 radical (unpaired) electrons. The van der Waals surface area contributed by atoms with Crippen LogP contribution in [-0.2, 0) is 14.3 Å². The molecule has 0 aromatic carbocycles. The molecule has 122 valence electrons. The molecule has 0 heterocycles.